The number of benzene rings is 1. The van der Waals surface area contributed by atoms with E-state index < -0.39 is 4.92 Å². The quantitative estimate of drug-likeness (QED) is 0.617. The van der Waals surface area contributed by atoms with E-state index >= 15 is 0 Å². The molecule has 7 nitrogen and oxygen atoms in total. The first-order valence-electron chi connectivity index (χ1n) is 6.93. The molecular formula is C14H19N3O4. The molecule has 0 aromatic heterocycles. The van der Waals surface area contributed by atoms with E-state index in [0.29, 0.717) is 18.0 Å². The minimum absolute atomic E-state index is 0.124. The molecule has 114 valence electrons. The number of nitrogens with one attached hydrogen (secondary N) is 2. The van der Waals surface area contributed by atoms with Crippen molar-refractivity contribution in [2.75, 3.05) is 25.5 Å². The van der Waals surface area contributed by atoms with Crippen LogP contribution in [0.25, 0.3) is 0 Å². The number of nitrogens with zero attached hydrogens (tertiary/aromatic N) is 1. The molecule has 0 spiro atoms. The van der Waals surface area contributed by atoms with Gasteiger partial charge in [-0.2, -0.15) is 0 Å². The number of hydrogen-bond donors (Lipinski definition) is 2. The first kappa shape index (κ1) is 15.2. The third-order valence-electron chi connectivity index (χ3n) is 3.60. The Labute approximate surface area is 122 Å². The van der Waals surface area contributed by atoms with E-state index in [0.717, 1.165) is 25.9 Å². The number of amides is 1. The number of hydrogen-bond acceptors (Lipinski definition) is 5. The SMILES string of the molecule is COc1ccc(NC(=O)CCC2CCNC2)cc1[N+](=O)[O-]. The summed E-state index contributed by atoms with van der Waals surface area (Å²) in [6.07, 6.45) is 2.35. The molecule has 1 aromatic carbocycles. The summed E-state index contributed by atoms with van der Waals surface area (Å²) >= 11 is 0. The summed E-state index contributed by atoms with van der Waals surface area (Å²) in [5.41, 5.74) is 0.257. The topological polar surface area (TPSA) is 93.5 Å². The molecule has 1 aliphatic heterocycles. The van der Waals surface area contributed by atoms with Crippen molar-refractivity contribution in [2.45, 2.75) is 19.3 Å². The molecule has 1 fully saturated rings. The molecule has 0 saturated carbocycles. The molecule has 21 heavy (non-hydrogen) atoms. The largest absolute Gasteiger partial charge is 0.490 e. The standard InChI is InChI=1S/C14H19N3O4/c1-21-13-4-3-11(8-12(13)17(19)20)16-14(18)5-2-10-6-7-15-9-10/h3-4,8,10,15H,2,5-7,9H2,1H3,(H,16,18). The second-order valence-corrected chi connectivity index (χ2v) is 5.09. The second-order valence-electron chi connectivity index (χ2n) is 5.09. The average molecular weight is 293 g/mol. The first-order valence-corrected chi connectivity index (χ1v) is 6.93. The Morgan fingerprint density at radius 3 is 3.00 bits per heavy atom. The van der Waals surface area contributed by atoms with Crippen molar-refractivity contribution in [3.05, 3.63) is 28.3 Å². The van der Waals surface area contributed by atoms with Gasteiger partial charge in [-0.15, -0.1) is 0 Å². The smallest absolute Gasteiger partial charge is 0.312 e. The maximum atomic E-state index is 11.9. The van der Waals surface area contributed by atoms with Gasteiger partial charge in [0.05, 0.1) is 12.0 Å². The number of anilines is 1. The fourth-order valence-electron chi connectivity index (χ4n) is 2.43. The Kier molecular flexibility index (Phi) is 5.10. The number of ether oxygens (including phenoxy) is 1. The van der Waals surface area contributed by atoms with Crippen LogP contribution in [-0.4, -0.2) is 31.0 Å². The highest BCUT2D eigenvalue weighted by Crippen LogP contribution is 2.29. The fourth-order valence-corrected chi connectivity index (χ4v) is 2.43. The highest BCUT2D eigenvalue weighted by atomic mass is 16.6. The highest BCUT2D eigenvalue weighted by Gasteiger charge is 2.18. The maximum Gasteiger partial charge on any atom is 0.312 e. The molecule has 1 aromatic rings. The van der Waals surface area contributed by atoms with E-state index in [9.17, 15) is 14.9 Å². The summed E-state index contributed by atoms with van der Waals surface area (Å²) in [6, 6.07) is 4.39. The lowest BCUT2D eigenvalue weighted by Gasteiger charge is -2.09. The van der Waals surface area contributed by atoms with Gasteiger partial charge in [0.2, 0.25) is 5.91 Å². The van der Waals surface area contributed by atoms with Crippen LogP contribution in [0.1, 0.15) is 19.3 Å². The van der Waals surface area contributed by atoms with Gasteiger partial charge in [-0.25, -0.2) is 0 Å². The molecule has 2 rings (SSSR count). The molecular weight excluding hydrogens is 274 g/mol. The van der Waals surface area contributed by atoms with Gasteiger partial charge in [0.1, 0.15) is 0 Å². The van der Waals surface area contributed by atoms with Crippen LogP contribution in [0.5, 0.6) is 5.75 Å². The summed E-state index contributed by atoms with van der Waals surface area (Å²) in [4.78, 5) is 22.3. The fraction of sp³-hybridized carbons (Fsp3) is 0.500. The Morgan fingerprint density at radius 2 is 2.38 bits per heavy atom. The lowest BCUT2D eigenvalue weighted by molar-refractivity contribution is -0.385. The summed E-state index contributed by atoms with van der Waals surface area (Å²) in [5, 5.41) is 16.9. The van der Waals surface area contributed by atoms with Gasteiger partial charge in [0, 0.05) is 18.2 Å². The van der Waals surface area contributed by atoms with Crippen molar-refractivity contribution in [3.8, 4) is 5.75 Å². The van der Waals surface area contributed by atoms with Crippen LogP contribution in [-0.2, 0) is 4.79 Å². The van der Waals surface area contributed by atoms with Crippen molar-refractivity contribution >= 4 is 17.3 Å². The summed E-state index contributed by atoms with van der Waals surface area (Å²) in [5.74, 6) is 0.595. The van der Waals surface area contributed by atoms with Gasteiger partial charge in [0.25, 0.3) is 0 Å². The van der Waals surface area contributed by atoms with E-state index in [4.69, 9.17) is 4.74 Å². The van der Waals surface area contributed by atoms with Gasteiger partial charge in [-0.05, 0) is 44.0 Å². The normalized spacial score (nSPS) is 17.5. The number of methoxy groups -OCH3 is 1. The van der Waals surface area contributed by atoms with E-state index in [1.54, 1.807) is 6.07 Å². The zero-order valence-corrected chi connectivity index (χ0v) is 11.9. The van der Waals surface area contributed by atoms with Gasteiger partial charge in [-0.1, -0.05) is 0 Å². The van der Waals surface area contributed by atoms with Crippen LogP contribution >= 0.6 is 0 Å². The third-order valence-corrected chi connectivity index (χ3v) is 3.60. The van der Waals surface area contributed by atoms with Crippen LogP contribution in [0.15, 0.2) is 18.2 Å². The van der Waals surface area contributed by atoms with E-state index in [-0.39, 0.29) is 17.3 Å². The molecule has 0 aliphatic carbocycles. The third kappa shape index (κ3) is 4.16. The van der Waals surface area contributed by atoms with Crippen molar-refractivity contribution in [2.24, 2.45) is 5.92 Å². The van der Waals surface area contributed by atoms with Crippen LogP contribution in [0.4, 0.5) is 11.4 Å². The molecule has 0 bridgehead atoms. The predicted molar refractivity (Wildman–Crippen MR) is 78.5 cm³/mol. The van der Waals surface area contributed by atoms with Gasteiger partial charge < -0.3 is 15.4 Å². The van der Waals surface area contributed by atoms with Crippen LogP contribution in [0, 0.1) is 16.0 Å². The van der Waals surface area contributed by atoms with Crippen molar-refractivity contribution < 1.29 is 14.5 Å². The zero-order chi connectivity index (χ0) is 15.2. The Balaban J connectivity index is 1.93. The Morgan fingerprint density at radius 1 is 1.57 bits per heavy atom. The number of carbonyl (C=O) groups is 1. The molecule has 1 amide bonds. The van der Waals surface area contributed by atoms with Crippen LogP contribution in [0.2, 0.25) is 0 Å². The number of nitro benzene ring substituents is 1. The summed E-state index contributed by atoms with van der Waals surface area (Å²) in [6.45, 7) is 1.97. The average Bonchev–Trinajstić information content (AvgIpc) is 2.98. The van der Waals surface area contributed by atoms with E-state index in [1.807, 2.05) is 0 Å². The molecule has 2 N–H and O–H groups in total. The predicted octanol–water partition coefficient (Wildman–Crippen LogP) is 1.93. The minimum atomic E-state index is -0.529. The molecule has 0 radical (unpaired) electrons. The number of nitro groups is 1. The Bertz CT molecular complexity index is 527. The van der Waals surface area contributed by atoms with Gasteiger partial charge in [0.15, 0.2) is 5.75 Å². The molecule has 1 atom stereocenters. The molecule has 1 unspecified atom stereocenters. The number of carbonyl (C=O) groups excluding carboxylic acids is 1. The van der Waals surface area contributed by atoms with Crippen molar-refractivity contribution in [1.82, 2.24) is 5.32 Å². The van der Waals surface area contributed by atoms with E-state index in [1.165, 1.54) is 19.2 Å². The molecule has 1 heterocycles. The summed E-state index contributed by atoms with van der Waals surface area (Å²) < 4.78 is 4.92. The van der Waals surface area contributed by atoms with Crippen molar-refractivity contribution in [3.63, 3.8) is 0 Å². The first-order chi connectivity index (χ1) is 10.1. The van der Waals surface area contributed by atoms with Gasteiger partial charge in [-0.3, -0.25) is 14.9 Å². The lowest BCUT2D eigenvalue weighted by atomic mass is 10.0. The van der Waals surface area contributed by atoms with Crippen molar-refractivity contribution in [1.29, 1.82) is 0 Å². The van der Waals surface area contributed by atoms with Gasteiger partial charge >= 0.3 is 5.69 Å². The number of rotatable bonds is 6. The minimum Gasteiger partial charge on any atom is -0.490 e. The second kappa shape index (κ2) is 7.03. The Hall–Kier alpha value is -2.15. The van der Waals surface area contributed by atoms with Crippen LogP contribution < -0.4 is 15.4 Å². The molecule has 1 saturated heterocycles. The van der Waals surface area contributed by atoms with Crippen LogP contribution in [0.3, 0.4) is 0 Å². The molecule has 1 aliphatic rings. The highest BCUT2D eigenvalue weighted by molar-refractivity contribution is 5.91. The zero-order valence-electron chi connectivity index (χ0n) is 11.9. The lowest BCUT2D eigenvalue weighted by Crippen LogP contribution is -2.15. The molecule has 7 heteroatoms. The monoisotopic (exact) mass is 293 g/mol. The maximum absolute atomic E-state index is 11.9. The van der Waals surface area contributed by atoms with E-state index in [2.05, 4.69) is 10.6 Å². The summed E-state index contributed by atoms with van der Waals surface area (Å²) in [7, 11) is 1.37.